The van der Waals surface area contributed by atoms with Gasteiger partial charge >= 0.3 is 5.91 Å². The van der Waals surface area contributed by atoms with Gasteiger partial charge in [0.2, 0.25) is 0 Å². The van der Waals surface area contributed by atoms with Crippen molar-refractivity contribution in [3.8, 4) is 17.1 Å². The Morgan fingerprint density at radius 2 is 2.38 bits per heavy atom. The van der Waals surface area contributed by atoms with Gasteiger partial charge in [-0.05, 0) is 25.5 Å². The summed E-state index contributed by atoms with van der Waals surface area (Å²) in [5.41, 5.74) is 1.05. The van der Waals surface area contributed by atoms with E-state index < -0.39 is 0 Å². The first-order valence-electron chi connectivity index (χ1n) is 7.66. The van der Waals surface area contributed by atoms with E-state index in [4.69, 9.17) is 15.7 Å². The largest absolute Gasteiger partial charge is 0.496 e. The topological polar surface area (TPSA) is 80.8 Å². The maximum absolute atomic E-state index is 12.3. The lowest BCUT2D eigenvalue weighted by molar-refractivity contribution is 0.0905. The average Bonchev–Trinajstić information content (AvgIpc) is 3.23. The lowest BCUT2D eigenvalue weighted by Crippen LogP contribution is -2.36. The first-order valence-corrected chi connectivity index (χ1v) is 7.66. The van der Waals surface area contributed by atoms with Crippen molar-refractivity contribution in [1.29, 1.82) is 0 Å². The van der Waals surface area contributed by atoms with Crippen LogP contribution in [-0.2, 0) is 0 Å². The third-order valence-corrected chi connectivity index (χ3v) is 3.96. The van der Waals surface area contributed by atoms with Gasteiger partial charge in [0.15, 0.2) is 11.4 Å². The number of nitrogens with zero attached hydrogens (tertiary/aromatic N) is 2. The summed E-state index contributed by atoms with van der Waals surface area (Å²) >= 11 is 0. The molecule has 0 unspecified atom stereocenters. The summed E-state index contributed by atoms with van der Waals surface area (Å²) in [5.74, 6) is 0.599. The van der Waals surface area contributed by atoms with Gasteiger partial charge in [0, 0.05) is 18.6 Å². The van der Waals surface area contributed by atoms with Gasteiger partial charge in [-0.25, -0.2) is 9.83 Å². The molecular weight excluding hydrogens is 308 g/mol. The highest BCUT2D eigenvalue weighted by molar-refractivity contribution is 5.90. The van der Waals surface area contributed by atoms with Crippen molar-refractivity contribution in [1.82, 2.24) is 15.6 Å². The fourth-order valence-electron chi connectivity index (χ4n) is 2.76. The number of carbonyl (C=O) groups excluding carboxylic acids is 1. The summed E-state index contributed by atoms with van der Waals surface area (Å²) in [6.45, 7) is 9.93. The van der Waals surface area contributed by atoms with Gasteiger partial charge in [0.1, 0.15) is 5.75 Å². The van der Waals surface area contributed by atoms with Gasteiger partial charge in [-0.15, -0.1) is 0 Å². The van der Waals surface area contributed by atoms with E-state index in [2.05, 4.69) is 27.4 Å². The number of amides is 1. The average molecular weight is 326 g/mol. The number of hydrogen-bond acceptors (Lipinski definition) is 5. The fraction of sp³-hybridized carbons (Fsp3) is 0.353. The number of carbonyl (C=O) groups is 1. The Hall–Kier alpha value is -2.85. The minimum atomic E-state index is -0.345. The zero-order valence-electron chi connectivity index (χ0n) is 13.5. The molecule has 1 aromatic heterocycles. The van der Waals surface area contributed by atoms with Gasteiger partial charge < -0.3 is 19.8 Å². The molecule has 2 aromatic rings. The van der Waals surface area contributed by atoms with E-state index in [-0.39, 0.29) is 17.8 Å². The molecule has 2 heterocycles. The zero-order valence-corrected chi connectivity index (χ0v) is 13.5. The van der Waals surface area contributed by atoms with E-state index in [1.165, 1.54) is 13.3 Å². The van der Waals surface area contributed by atoms with Crippen LogP contribution in [0.15, 0.2) is 28.8 Å². The molecule has 7 nitrogen and oxygen atoms in total. The minimum absolute atomic E-state index is 0.000165. The van der Waals surface area contributed by atoms with Crippen LogP contribution in [0.4, 0.5) is 5.69 Å². The monoisotopic (exact) mass is 326 g/mol. The van der Waals surface area contributed by atoms with Crippen molar-refractivity contribution in [3.63, 3.8) is 0 Å². The Kier molecular flexibility index (Phi) is 4.49. The number of hydrogen-bond donors (Lipinski definition) is 2. The molecule has 1 aliphatic heterocycles. The lowest BCUT2D eigenvalue weighted by Gasteiger charge is -2.09. The Morgan fingerprint density at radius 1 is 1.54 bits per heavy atom. The minimum Gasteiger partial charge on any atom is -0.496 e. The maximum atomic E-state index is 12.3. The Bertz CT molecular complexity index is 793. The summed E-state index contributed by atoms with van der Waals surface area (Å²) in [6.07, 6.45) is 2.34. The van der Waals surface area contributed by atoms with Gasteiger partial charge in [-0.1, -0.05) is 6.07 Å². The molecule has 124 valence electrons. The number of ether oxygens (including phenoxy) is 1. The smallest absolute Gasteiger partial charge is 0.307 e. The lowest BCUT2D eigenvalue weighted by atomic mass is 10.1. The van der Waals surface area contributed by atoms with E-state index in [1.807, 2.05) is 0 Å². The van der Waals surface area contributed by atoms with E-state index in [0.717, 1.165) is 13.0 Å². The molecule has 0 saturated carbocycles. The highest BCUT2D eigenvalue weighted by Crippen LogP contribution is 2.33. The van der Waals surface area contributed by atoms with Crippen LogP contribution in [0.25, 0.3) is 16.2 Å². The molecule has 1 fully saturated rings. The molecule has 0 bridgehead atoms. The van der Waals surface area contributed by atoms with E-state index >= 15 is 0 Å². The molecular formula is C17H18N4O3. The molecule has 0 aliphatic carbocycles. The number of oxazole rings is 1. The number of methoxy groups -OCH3 is 1. The van der Waals surface area contributed by atoms with Crippen LogP contribution in [0, 0.1) is 6.57 Å². The highest BCUT2D eigenvalue weighted by atomic mass is 16.5. The summed E-state index contributed by atoms with van der Waals surface area (Å²) < 4.78 is 10.9. The van der Waals surface area contributed by atoms with Crippen LogP contribution < -0.4 is 15.4 Å². The second-order valence-electron chi connectivity index (χ2n) is 5.74. The molecule has 1 amide bonds. The fourth-order valence-corrected chi connectivity index (χ4v) is 2.76. The Balaban J connectivity index is 1.80. The molecule has 1 aromatic carbocycles. The summed E-state index contributed by atoms with van der Waals surface area (Å²) in [4.78, 5) is 19.7. The predicted molar refractivity (Wildman–Crippen MR) is 88.1 cm³/mol. The van der Waals surface area contributed by atoms with Crippen LogP contribution in [0.5, 0.6) is 5.75 Å². The molecule has 7 heteroatoms. The van der Waals surface area contributed by atoms with Crippen LogP contribution in [0.1, 0.15) is 24.0 Å². The predicted octanol–water partition coefficient (Wildman–Crippen LogP) is 2.38. The van der Waals surface area contributed by atoms with Crippen molar-refractivity contribution in [2.24, 2.45) is 0 Å². The third kappa shape index (κ3) is 3.24. The quantitative estimate of drug-likeness (QED) is 0.843. The van der Waals surface area contributed by atoms with Crippen molar-refractivity contribution in [2.45, 2.75) is 25.4 Å². The molecule has 0 radical (unpaired) electrons. The number of nitrogens with one attached hydrogen (secondary N) is 2. The van der Waals surface area contributed by atoms with Gasteiger partial charge in [0.25, 0.3) is 5.89 Å². The standard InChI is InChI=1S/C17H18N4O3/c1-10-6-12(8-19-10)21-16(22)17-20-9-15(24-17)13-7-11(18-2)4-5-14(13)23-3/h4-5,7,9-10,12,19H,6,8H2,1,3H3,(H,21,22)/t10-,12-/m1/s1. The molecule has 2 N–H and O–H groups in total. The molecule has 3 rings (SSSR count). The van der Waals surface area contributed by atoms with Crippen LogP contribution in [0.3, 0.4) is 0 Å². The van der Waals surface area contributed by atoms with Crippen molar-refractivity contribution in [3.05, 3.63) is 41.7 Å². The Morgan fingerprint density at radius 3 is 3.04 bits per heavy atom. The van der Waals surface area contributed by atoms with Crippen LogP contribution >= 0.6 is 0 Å². The van der Waals surface area contributed by atoms with Crippen molar-refractivity contribution >= 4 is 11.6 Å². The normalized spacial score (nSPS) is 19.7. The second-order valence-corrected chi connectivity index (χ2v) is 5.74. The van der Waals surface area contributed by atoms with E-state index in [0.29, 0.717) is 28.8 Å². The van der Waals surface area contributed by atoms with Gasteiger partial charge in [-0.2, -0.15) is 0 Å². The van der Waals surface area contributed by atoms with E-state index in [1.54, 1.807) is 18.2 Å². The molecule has 0 spiro atoms. The van der Waals surface area contributed by atoms with Crippen LogP contribution in [-0.4, -0.2) is 36.6 Å². The summed E-state index contributed by atoms with van der Waals surface area (Å²) in [6, 6.07) is 5.46. The molecule has 24 heavy (non-hydrogen) atoms. The third-order valence-electron chi connectivity index (χ3n) is 3.96. The zero-order chi connectivity index (χ0) is 17.1. The summed E-state index contributed by atoms with van der Waals surface area (Å²) in [5, 5.41) is 6.18. The first kappa shape index (κ1) is 16.0. The van der Waals surface area contributed by atoms with E-state index in [9.17, 15) is 4.79 Å². The first-order chi connectivity index (χ1) is 11.6. The number of rotatable bonds is 4. The van der Waals surface area contributed by atoms with Crippen molar-refractivity contribution < 1.29 is 13.9 Å². The van der Waals surface area contributed by atoms with Gasteiger partial charge in [0.05, 0.1) is 25.4 Å². The molecule has 1 aliphatic rings. The SMILES string of the molecule is [C-]#[N+]c1ccc(OC)c(-c2cnc(C(=O)N[C@H]3CN[C@H](C)C3)o2)c1. The molecule has 1 saturated heterocycles. The Labute approximate surface area is 139 Å². The maximum Gasteiger partial charge on any atom is 0.307 e. The van der Waals surface area contributed by atoms with Crippen LogP contribution in [0.2, 0.25) is 0 Å². The highest BCUT2D eigenvalue weighted by Gasteiger charge is 2.24. The molecule has 2 atom stereocenters. The summed E-state index contributed by atoms with van der Waals surface area (Å²) in [7, 11) is 1.54. The van der Waals surface area contributed by atoms with Gasteiger partial charge in [-0.3, -0.25) is 4.79 Å². The number of aromatic nitrogens is 1. The second kappa shape index (κ2) is 6.72. The number of benzene rings is 1. The van der Waals surface area contributed by atoms with Crippen molar-refractivity contribution in [2.75, 3.05) is 13.7 Å².